The highest BCUT2D eigenvalue weighted by Gasteiger charge is 2.23. The van der Waals surface area contributed by atoms with E-state index in [1.165, 1.54) is 0 Å². The molecule has 0 aliphatic rings. The Kier molecular flexibility index (Phi) is 3.61. The van der Waals surface area contributed by atoms with Crippen LogP contribution in [0.15, 0.2) is 11.0 Å². The van der Waals surface area contributed by atoms with Gasteiger partial charge in [0.15, 0.2) is 0 Å². The first-order valence-electron chi connectivity index (χ1n) is 6.90. The second kappa shape index (κ2) is 4.98. The zero-order valence-electron chi connectivity index (χ0n) is 13.0. The molecule has 0 saturated carbocycles. The maximum absolute atomic E-state index is 12.6. The Balaban J connectivity index is 2.88. The second-order valence-corrected chi connectivity index (χ2v) is 6.46. The van der Waals surface area contributed by atoms with Gasteiger partial charge in [-0.05, 0) is 26.7 Å². The first kappa shape index (κ1) is 15.2. The summed E-state index contributed by atoms with van der Waals surface area (Å²) in [5.41, 5.74) is 5.71. The van der Waals surface area contributed by atoms with E-state index >= 15 is 0 Å². The predicted molar refractivity (Wildman–Crippen MR) is 80.1 cm³/mol. The fraction of sp³-hybridized carbons (Fsp3) is 0.571. The molecule has 0 radical (unpaired) electrons. The van der Waals surface area contributed by atoms with Gasteiger partial charge in [0.1, 0.15) is 12.1 Å². The van der Waals surface area contributed by atoms with E-state index < -0.39 is 5.91 Å². The van der Waals surface area contributed by atoms with Crippen molar-refractivity contribution in [1.29, 1.82) is 0 Å². The molecule has 21 heavy (non-hydrogen) atoms. The van der Waals surface area contributed by atoms with E-state index in [0.29, 0.717) is 5.52 Å². The summed E-state index contributed by atoms with van der Waals surface area (Å²) in [5.74, 6) is -0.495. The summed E-state index contributed by atoms with van der Waals surface area (Å²) in [6.45, 7) is 9.63. The lowest BCUT2D eigenvalue weighted by Gasteiger charge is -2.20. The van der Waals surface area contributed by atoms with Gasteiger partial charge >= 0.3 is 0 Å². The van der Waals surface area contributed by atoms with E-state index in [9.17, 15) is 9.59 Å². The molecule has 7 heteroatoms. The van der Waals surface area contributed by atoms with Gasteiger partial charge in [-0.15, -0.1) is 0 Å². The van der Waals surface area contributed by atoms with Crippen LogP contribution < -0.4 is 11.3 Å². The van der Waals surface area contributed by atoms with Crippen LogP contribution in [0.3, 0.4) is 0 Å². The Labute approximate surface area is 122 Å². The van der Waals surface area contributed by atoms with Crippen LogP contribution >= 0.6 is 0 Å². The molecule has 2 aromatic heterocycles. The second-order valence-electron chi connectivity index (χ2n) is 6.46. The topological polar surface area (TPSA) is 95.8 Å². The Bertz CT molecular complexity index is 749. The monoisotopic (exact) mass is 291 g/mol. The average Bonchev–Trinajstić information content (AvgIpc) is 2.76. The van der Waals surface area contributed by atoms with E-state index in [2.05, 4.69) is 10.2 Å². The number of nitrogens with two attached hydrogens (primary N) is 1. The van der Waals surface area contributed by atoms with Crippen molar-refractivity contribution in [2.75, 3.05) is 0 Å². The van der Waals surface area contributed by atoms with Gasteiger partial charge in [0, 0.05) is 5.39 Å². The number of aromatic nitrogens is 4. The number of carbonyl (C=O) groups excluding carboxylic acids is 1. The Hall–Kier alpha value is -2.18. The van der Waals surface area contributed by atoms with E-state index in [-0.39, 0.29) is 23.6 Å². The third kappa shape index (κ3) is 2.68. The minimum Gasteiger partial charge on any atom is -0.368 e. The number of carbonyl (C=O) groups is 1. The number of rotatable bonds is 3. The van der Waals surface area contributed by atoms with E-state index in [0.717, 1.165) is 15.8 Å². The van der Waals surface area contributed by atoms with Gasteiger partial charge in [0.2, 0.25) is 5.91 Å². The maximum Gasteiger partial charge on any atom is 0.293 e. The highest BCUT2D eigenvalue weighted by atomic mass is 16.2. The summed E-state index contributed by atoms with van der Waals surface area (Å²) in [7, 11) is 0. The molecule has 2 N–H and O–H groups in total. The molecule has 0 fully saturated rings. The SMILES string of the molecule is CC(C)c1nn(CC(N)=O)c(=O)c2c1cnn2C(C)(C)C. The zero-order valence-corrected chi connectivity index (χ0v) is 13.0. The van der Waals surface area contributed by atoms with Gasteiger partial charge in [-0.3, -0.25) is 14.3 Å². The van der Waals surface area contributed by atoms with Crippen molar-refractivity contribution in [3.8, 4) is 0 Å². The molecular weight excluding hydrogens is 270 g/mol. The highest BCUT2D eigenvalue weighted by molar-refractivity contribution is 5.81. The van der Waals surface area contributed by atoms with Crippen molar-refractivity contribution in [3.63, 3.8) is 0 Å². The summed E-state index contributed by atoms with van der Waals surface area (Å²) in [4.78, 5) is 23.8. The number of primary amides is 1. The minimum atomic E-state index is -0.597. The zero-order chi connectivity index (χ0) is 15.9. The van der Waals surface area contributed by atoms with Gasteiger partial charge in [-0.25, -0.2) is 4.68 Å². The van der Waals surface area contributed by atoms with Crippen LogP contribution in [0.2, 0.25) is 0 Å². The van der Waals surface area contributed by atoms with Crippen LogP contribution in [0, 0.1) is 0 Å². The van der Waals surface area contributed by atoms with Crippen molar-refractivity contribution in [2.24, 2.45) is 5.73 Å². The molecule has 1 amide bonds. The molecule has 2 rings (SSSR count). The first-order valence-corrected chi connectivity index (χ1v) is 6.90. The van der Waals surface area contributed by atoms with Gasteiger partial charge in [0.05, 0.1) is 17.4 Å². The molecule has 0 aliphatic heterocycles. The molecule has 0 spiro atoms. The van der Waals surface area contributed by atoms with Crippen LogP contribution in [0.1, 0.15) is 46.2 Å². The van der Waals surface area contributed by atoms with E-state index in [1.54, 1.807) is 10.9 Å². The maximum atomic E-state index is 12.6. The summed E-state index contributed by atoms with van der Waals surface area (Å²) in [6.07, 6.45) is 1.67. The fourth-order valence-corrected chi connectivity index (χ4v) is 2.28. The third-order valence-electron chi connectivity index (χ3n) is 3.20. The summed E-state index contributed by atoms with van der Waals surface area (Å²) >= 11 is 0. The smallest absolute Gasteiger partial charge is 0.293 e. The first-order chi connectivity index (χ1) is 9.62. The van der Waals surface area contributed by atoms with Gasteiger partial charge < -0.3 is 5.73 Å². The van der Waals surface area contributed by atoms with Crippen LogP contribution in [-0.2, 0) is 16.9 Å². The quantitative estimate of drug-likeness (QED) is 0.910. The lowest BCUT2D eigenvalue weighted by molar-refractivity contribution is -0.118. The standard InChI is InChI=1S/C14H21N5O2/c1-8(2)11-9-6-16-19(14(3,4)5)12(9)13(21)18(17-11)7-10(15)20/h6,8H,7H2,1-5H3,(H2,15,20). The van der Waals surface area contributed by atoms with Gasteiger partial charge in [-0.1, -0.05) is 13.8 Å². The number of hydrogen-bond donors (Lipinski definition) is 1. The Morgan fingerprint density at radius 1 is 1.38 bits per heavy atom. The van der Waals surface area contributed by atoms with Crippen LogP contribution in [0.5, 0.6) is 0 Å². The number of hydrogen-bond acceptors (Lipinski definition) is 4. The summed E-state index contributed by atoms with van der Waals surface area (Å²) < 4.78 is 2.81. The predicted octanol–water partition coefficient (Wildman–Crippen LogP) is 0.957. The molecular formula is C14H21N5O2. The molecule has 2 heterocycles. The number of nitrogens with zero attached hydrogens (tertiary/aromatic N) is 4. The lowest BCUT2D eigenvalue weighted by atomic mass is 10.1. The molecule has 0 aromatic carbocycles. The Morgan fingerprint density at radius 2 is 2.00 bits per heavy atom. The average molecular weight is 291 g/mol. The van der Waals surface area contributed by atoms with E-state index in [1.807, 2.05) is 34.6 Å². The molecule has 0 aliphatic carbocycles. The molecule has 114 valence electrons. The largest absolute Gasteiger partial charge is 0.368 e. The summed E-state index contributed by atoms with van der Waals surface area (Å²) in [6, 6.07) is 0. The van der Waals surface area contributed by atoms with Crippen LogP contribution in [-0.4, -0.2) is 25.5 Å². The summed E-state index contributed by atoms with van der Waals surface area (Å²) in [5, 5.41) is 9.35. The third-order valence-corrected chi connectivity index (χ3v) is 3.20. The lowest BCUT2D eigenvalue weighted by Crippen LogP contribution is -2.34. The van der Waals surface area contributed by atoms with Crippen molar-refractivity contribution in [3.05, 3.63) is 22.2 Å². The molecule has 7 nitrogen and oxygen atoms in total. The molecule has 2 aromatic rings. The molecule has 0 unspecified atom stereocenters. The number of fused-ring (bicyclic) bond motifs is 1. The van der Waals surface area contributed by atoms with Crippen molar-refractivity contribution >= 4 is 16.8 Å². The van der Waals surface area contributed by atoms with Gasteiger partial charge in [-0.2, -0.15) is 10.2 Å². The molecule has 0 bridgehead atoms. The van der Waals surface area contributed by atoms with Crippen LogP contribution in [0.4, 0.5) is 0 Å². The molecule has 0 atom stereocenters. The molecule has 0 saturated heterocycles. The highest BCUT2D eigenvalue weighted by Crippen LogP contribution is 2.24. The van der Waals surface area contributed by atoms with E-state index in [4.69, 9.17) is 5.73 Å². The van der Waals surface area contributed by atoms with Crippen molar-refractivity contribution in [1.82, 2.24) is 19.6 Å². The van der Waals surface area contributed by atoms with Gasteiger partial charge in [0.25, 0.3) is 5.56 Å². The fourth-order valence-electron chi connectivity index (χ4n) is 2.28. The normalized spacial score (nSPS) is 12.3. The van der Waals surface area contributed by atoms with Crippen molar-refractivity contribution < 1.29 is 4.79 Å². The Morgan fingerprint density at radius 3 is 2.48 bits per heavy atom. The number of amides is 1. The van der Waals surface area contributed by atoms with Crippen LogP contribution in [0.25, 0.3) is 10.9 Å². The van der Waals surface area contributed by atoms with Crippen molar-refractivity contribution in [2.45, 2.75) is 52.6 Å². The minimum absolute atomic E-state index is 0.102.